The van der Waals surface area contributed by atoms with Gasteiger partial charge in [0.1, 0.15) is 0 Å². The summed E-state index contributed by atoms with van der Waals surface area (Å²) in [5.41, 5.74) is 0. The Kier molecular flexibility index (Phi) is 52.6. The van der Waals surface area contributed by atoms with Crippen molar-refractivity contribution in [2.45, 2.75) is 329 Å². The summed E-state index contributed by atoms with van der Waals surface area (Å²) in [6.07, 6.45) is 56.2. The van der Waals surface area contributed by atoms with Gasteiger partial charge in [0, 0.05) is 19.3 Å². The third-order valence-corrected chi connectivity index (χ3v) is 12.6. The van der Waals surface area contributed by atoms with Gasteiger partial charge in [0.05, 0.1) is 0 Å². The van der Waals surface area contributed by atoms with E-state index in [1.807, 2.05) is 0 Å². The van der Waals surface area contributed by atoms with E-state index in [9.17, 15) is 14.4 Å². The van der Waals surface area contributed by atoms with Gasteiger partial charge in [-0.05, 0) is 19.3 Å². The quantitative estimate of drug-likeness (QED) is 0.0255. The molecule has 0 aliphatic heterocycles. The molecule has 0 amide bonds. The summed E-state index contributed by atoms with van der Waals surface area (Å²) in [5.74, 6) is -1.79. The lowest BCUT2D eigenvalue weighted by Crippen LogP contribution is -2.31. The van der Waals surface area contributed by atoms with Crippen LogP contribution in [0.15, 0.2) is 0 Å². The SMILES string of the molecule is CCCCCCCCCCCCCCCCCC(=O)OOB(OOC(=O)CCCCCCCCCCCCCCCCC)OOC(=O)CCCCCCCCCCCCCCCCC. The van der Waals surface area contributed by atoms with Gasteiger partial charge in [-0.1, -0.05) is 290 Å². The average Bonchev–Trinajstić information content (AvgIpc) is 3.29. The number of rotatable bonds is 54. The highest BCUT2D eigenvalue weighted by atomic mass is 17.3. The maximum Gasteiger partial charge on any atom is 0.754 e. The third-order valence-electron chi connectivity index (χ3n) is 12.6. The molecule has 0 radical (unpaired) electrons. The van der Waals surface area contributed by atoms with Gasteiger partial charge in [-0.3, -0.25) is 0 Å². The van der Waals surface area contributed by atoms with Gasteiger partial charge in [-0.25, -0.2) is 14.4 Å². The second kappa shape index (κ2) is 54.0. The van der Waals surface area contributed by atoms with Gasteiger partial charge in [0.2, 0.25) is 0 Å². The van der Waals surface area contributed by atoms with Crippen molar-refractivity contribution in [3.05, 3.63) is 0 Å². The van der Waals surface area contributed by atoms with Crippen LogP contribution in [0.25, 0.3) is 0 Å². The summed E-state index contributed by atoms with van der Waals surface area (Å²) in [6.45, 7) is 6.79. The second-order valence-electron chi connectivity index (χ2n) is 19.0. The van der Waals surface area contributed by atoms with E-state index < -0.39 is 25.2 Å². The number of hydrogen-bond acceptors (Lipinski definition) is 9. The Hall–Kier alpha value is -1.65. The van der Waals surface area contributed by atoms with Gasteiger partial charge < -0.3 is 14.7 Å². The first-order chi connectivity index (χ1) is 31.5. The van der Waals surface area contributed by atoms with Crippen LogP contribution in [0.5, 0.6) is 0 Å². The molecular weight excluding hydrogens is 803 g/mol. The lowest BCUT2D eigenvalue weighted by Gasteiger charge is -2.11. The molecule has 0 saturated carbocycles. The van der Waals surface area contributed by atoms with Crippen LogP contribution in [0.1, 0.15) is 329 Å². The number of unbranched alkanes of at least 4 members (excludes halogenated alkanes) is 42. The summed E-state index contributed by atoms with van der Waals surface area (Å²) >= 11 is 0. The van der Waals surface area contributed by atoms with Crippen LogP contribution in [0, 0.1) is 0 Å². The van der Waals surface area contributed by atoms with E-state index in [1.54, 1.807) is 0 Å². The molecule has 0 aliphatic rings. The lowest BCUT2D eigenvalue weighted by molar-refractivity contribution is -0.316. The molecule has 0 rings (SSSR count). The van der Waals surface area contributed by atoms with Crippen molar-refractivity contribution < 1.29 is 43.5 Å². The molecule has 0 heterocycles. The first-order valence-electron chi connectivity index (χ1n) is 28.1. The Balaban J connectivity index is 4.29. The topological polar surface area (TPSA) is 107 Å². The molecular formula is C54H105BO9. The van der Waals surface area contributed by atoms with Crippen LogP contribution >= 0.6 is 0 Å². The van der Waals surface area contributed by atoms with Crippen LogP contribution in [0.4, 0.5) is 0 Å². The zero-order chi connectivity index (χ0) is 46.5. The molecule has 9 nitrogen and oxygen atoms in total. The standard InChI is InChI=1S/C54H105BO9/c1-4-7-10-13-16-19-22-25-28-31-34-37-40-43-46-49-52(56)59-62-55(63-60-53(57)50-47-44-41-38-35-32-29-26-23-20-17-14-11-8-5-2)64-61-54(58)51-48-45-42-39-36-33-30-27-24-21-18-15-12-9-6-3/h4-51H2,1-3H3. The normalized spacial score (nSPS) is 11.3. The third kappa shape index (κ3) is 51.3. The van der Waals surface area contributed by atoms with Crippen molar-refractivity contribution in [1.82, 2.24) is 0 Å². The van der Waals surface area contributed by atoms with Gasteiger partial charge in [-0.2, -0.15) is 14.4 Å². The molecule has 64 heavy (non-hydrogen) atoms. The first-order valence-corrected chi connectivity index (χ1v) is 28.1. The Morgan fingerprint density at radius 2 is 0.375 bits per heavy atom. The maximum absolute atomic E-state index is 12.4. The van der Waals surface area contributed by atoms with Crippen molar-refractivity contribution in [2.24, 2.45) is 0 Å². The van der Waals surface area contributed by atoms with Crippen molar-refractivity contribution in [2.75, 3.05) is 0 Å². The first kappa shape index (κ1) is 62.4. The smallest absolute Gasteiger partial charge is 0.308 e. The molecule has 0 bridgehead atoms. The molecule has 0 aromatic heterocycles. The lowest BCUT2D eigenvalue weighted by atomic mass is 10.0. The summed E-state index contributed by atoms with van der Waals surface area (Å²) in [6, 6.07) is 0. The zero-order valence-electron chi connectivity index (χ0n) is 42.7. The number of hydrogen-bond donors (Lipinski definition) is 0. The molecule has 0 saturated heterocycles. The maximum atomic E-state index is 12.4. The zero-order valence-corrected chi connectivity index (χ0v) is 42.7. The van der Waals surface area contributed by atoms with Crippen LogP contribution in [0.2, 0.25) is 0 Å². The minimum absolute atomic E-state index is 0.170. The van der Waals surface area contributed by atoms with Gasteiger partial charge >= 0.3 is 25.2 Å². The van der Waals surface area contributed by atoms with E-state index in [0.29, 0.717) is 19.3 Å². The number of carbonyl (C=O) groups excluding carboxylic acids is 3. The fourth-order valence-corrected chi connectivity index (χ4v) is 8.37. The average molecular weight is 909 g/mol. The largest absolute Gasteiger partial charge is 0.754 e. The van der Waals surface area contributed by atoms with Crippen LogP contribution in [0.3, 0.4) is 0 Å². The molecule has 0 aliphatic carbocycles. The van der Waals surface area contributed by atoms with E-state index in [-0.39, 0.29) is 19.3 Å². The van der Waals surface area contributed by atoms with Crippen LogP contribution < -0.4 is 0 Å². The molecule has 0 fully saturated rings. The number of carbonyl (C=O) groups is 3. The Morgan fingerprint density at radius 3 is 0.531 bits per heavy atom. The van der Waals surface area contributed by atoms with Gasteiger partial charge in [0.25, 0.3) is 0 Å². The highest BCUT2D eigenvalue weighted by molar-refractivity contribution is 6.35. The minimum atomic E-state index is -1.85. The molecule has 10 heteroatoms. The van der Waals surface area contributed by atoms with Crippen molar-refractivity contribution in [1.29, 1.82) is 0 Å². The summed E-state index contributed by atoms with van der Waals surface area (Å²) in [4.78, 5) is 66.9. The van der Waals surface area contributed by atoms with Crippen molar-refractivity contribution in [3.63, 3.8) is 0 Å². The highest BCUT2D eigenvalue weighted by Crippen LogP contribution is 2.17. The summed E-state index contributed by atoms with van der Waals surface area (Å²) in [7, 11) is -1.85. The van der Waals surface area contributed by atoms with Crippen molar-refractivity contribution in [3.8, 4) is 0 Å². The van der Waals surface area contributed by atoms with Gasteiger partial charge in [0.15, 0.2) is 0 Å². The molecule has 0 spiro atoms. The van der Waals surface area contributed by atoms with Gasteiger partial charge in [-0.15, -0.1) is 0 Å². The van der Waals surface area contributed by atoms with E-state index >= 15 is 0 Å². The molecule has 0 aromatic carbocycles. The van der Waals surface area contributed by atoms with Crippen LogP contribution in [-0.2, 0) is 43.5 Å². The predicted octanol–water partition coefficient (Wildman–Crippen LogP) is 18.2. The molecule has 0 unspecified atom stereocenters. The van der Waals surface area contributed by atoms with Crippen molar-refractivity contribution >= 4 is 25.2 Å². The monoisotopic (exact) mass is 909 g/mol. The fourth-order valence-electron chi connectivity index (χ4n) is 8.37. The Morgan fingerprint density at radius 1 is 0.234 bits per heavy atom. The summed E-state index contributed by atoms with van der Waals surface area (Å²) < 4.78 is 0. The van der Waals surface area contributed by atoms with E-state index in [4.69, 9.17) is 29.1 Å². The molecule has 0 aromatic rings. The Labute approximate surface area is 396 Å². The summed E-state index contributed by atoms with van der Waals surface area (Å²) in [5, 5.41) is 0. The molecule has 378 valence electrons. The molecule has 0 atom stereocenters. The molecule has 0 N–H and O–H groups in total. The van der Waals surface area contributed by atoms with E-state index in [0.717, 1.165) is 38.5 Å². The predicted molar refractivity (Wildman–Crippen MR) is 266 cm³/mol. The highest BCUT2D eigenvalue weighted by Gasteiger charge is 2.32. The minimum Gasteiger partial charge on any atom is -0.308 e. The second-order valence-corrected chi connectivity index (χ2v) is 19.0. The van der Waals surface area contributed by atoms with E-state index in [1.165, 1.54) is 231 Å². The fraction of sp³-hybridized carbons (Fsp3) is 0.944. The Bertz CT molecular complexity index is 848. The van der Waals surface area contributed by atoms with Crippen LogP contribution in [-0.4, -0.2) is 25.2 Å². The van der Waals surface area contributed by atoms with E-state index in [2.05, 4.69) is 20.8 Å².